The summed E-state index contributed by atoms with van der Waals surface area (Å²) in [5.74, 6) is 0.812. The first-order valence-corrected chi connectivity index (χ1v) is 9.80. The first-order valence-electron chi connectivity index (χ1n) is 9.80. The lowest BCUT2D eigenvalue weighted by Crippen LogP contribution is -2.52. The SMILES string of the molecule is CC[C@H](NC(=O)N1CCN(c2ccncc2)CC1)c1nc2ccc(C)cc2[nH]1. The molecule has 1 aliphatic heterocycles. The van der Waals surface area contributed by atoms with Gasteiger partial charge in [-0.3, -0.25) is 4.98 Å². The second-order valence-electron chi connectivity index (χ2n) is 7.23. The van der Waals surface area contributed by atoms with Crippen LogP contribution in [0.25, 0.3) is 11.0 Å². The van der Waals surface area contributed by atoms with Gasteiger partial charge in [-0.15, -0.1) is 0 Å². The van der Waals surface area contributed by atoms with Crippen LogP contribution in [0, 0.1) is 6.92 Å². The average molecular weight is 378 g/mol. The Labute approximate surface area is 164 Å². The topological polar surface area (TPSA) is 77.2 Å². The van der Waals surface area contributed by atoms with Crippen LogP contribution < -0.4 is 10.2 Å². The van der Waals surface area contributed by atoms with Gasteiger partial charge >= 0.3 is 6.03 Å². The minimum absolute atomic E-state index is 0.0298. The van der Waals surface area contributed by atoms with Gasteiger partial charge in [0, 0.05) is 44.3 Å². The van der Waals surface area contributed by atoms with E-state index in [4.69, 9.17) is 0 Å². The molecule has 0 spiro atoms. The molecule has 0 aliphatic carbocycles. The Hall–Kier alpha value is -3.09. The zero-order valence-corrected chi connectivity index (χ0v) is 16.4. The predicted molar refractivity (Wildman–Crippen MR) is 110 cm³/mol. The van der Waals surface area contributed by atoms with Crippen LogP contribution in [0.3, 0.4) is 0 Å². The number of amides is 2. The van der Waals surface area contributed by atoms with Gasteiger partial charge in [-0.05, 0) is 43.2 Å². The number of benzene rings is 1. The third kappa shape index (κ3) is 3.78. The molecule has 4 rings (SSSR count). The number of carbonyl (C=O) groups is 1. The number of H-pyrrole nitrogens is 1. The van der Waals surface area contributed by atoms with Crippen LogP contribution in [0.2, 0.25) is 0 Å². The van der Waals surface area contributed by atoms with Crippen LogP contribution in [0.5, 0.6) is 0 Å². The van der Waals surface area contributed by atoms with Gasteiger partial charge in [-0.25, -0.2) is 9.78 Å². The number of urea groups is 1. The first-order chi connectivity index (χ1) is 13.6. The quantitative estimate of drug-likeness (QED) is 0.731. The Morgan fingerprint density at radius 2 is 1.93 bits per heavy atom. The number of imidazole rings is 1. The van der Waals surface area contributed by atoms with Crippen molar-refractivity contribution < 1.29 is 4.79 Å². The van der Waals surface area contributed by atoms with Crippen molar-refractivity contribution in [2.24, 2.45) is 0 Å². The molecule has 1 fully saturated rings. The van der Waals surface area contributed by atoms with Crippen molar-refractivity contribution in [1.82, 2.24) is 25.2 Å². The maximum Gasteiger partial charge on any atom is 0.318 e. The molecule has 0 unspecified atom stereocenters. The van der Waals surface area contributed by atoms with E-state index in [0.29, 0.717) is 13.1 Å². The number of hydrogen-bond donors (Lipinski definition) is 2. The van der Waals surface area contributed by atoms with Gasteiger partial charge in [0.1, 0.15) is 5.82 Å². The van der Waals surface area contributed by atoms with E-state index in [0.717, 1.165) is 42.1 Å². The lowest BCUT2D eigenvalue weighted by Gasteiger charge is -2.36. The molecule has 3 aromatic rings. The summed E-state index contributed by atoms with van der Waals surface area (Å²) in [6, 6.07) is 10.00. The van der Waals surface area contributed by atoms with Crippen LogP contribution in [0.1, 0.15) is 30.8 Å². The molecule has 1 aromatic carbocycles. The highest BCUT2D eigenvalue weighted by atomic mass is 16.2. The van der Waals surface area contributed by atoms with Crippen molar-refractivity contribution in [2.75, 3.05) is 31.1 Å². The third-order valence-electron chi connectivity index (χ3n) is 5.29. The largest absolute Gasteiger partial charge is 0.368 e. The monoisotopic (exact) mass is 378 g/mol. The first kappa shape index (κ1) is 18.3. The molecule has 0 radical (unpaired) electrons. The normalized spacial score (nSPS) is 15.6. The molecular weight excluding hydrogens is 352 g/mol. The number of pyridine rings is 1. The fraction of sp³-hybridized carbons (Fsp3) is 0.381. The van der Waals surface area contributed by atoms with E-state index < -0.39 is 0 Å². The van der Waals surface area contributed by atoms with Crippen LogP contribution in [0.4, 0.5) is 10.5 Å². The number of nitrogens with one attached hydrogen (secondary N) is 2. The van der Waals surface area contributed by atoms with Gasteiger partial charge < -0.3 is 20.1 Å². The molecule has 7 heteroatoms. The van der Waals surface area contributed by atoms with Crippen molar-refractivity contribution >= 4 is 22.8 Å². The van der Waals surface area contributed by atoms with E-state index in [9.17, 15) is 4.79 Å². The van der Waals surface area contributed by atoms with E-state index in [-0.39, 0.29) is 12.1 Å². The summed E-state index contributed by atoms with van der Waals surface area (Å²) in [6.07, 6.45) is 4.38. The maximum atomic E-state index is 12.8. The molecule has 3 heterocycles. The smallest absolute Gasteiger partial charge is 0.318 e. The minimum Gasteiger partial charge on any atom is -0.368 e. The molecule has 7 nitrogen and oxygen atoms in total. The fourth-order valence-corrected chi connectivity index (χ4v) is 3.63. The molecule has 1 saturated heterocycles. The second kappa shape index (κ2) is 7.88. The zero-order chi connectivity index (χ0) is 19.5. The lowest BCUT2D eigenvalue weighted by molar-refractivity contribution is 0.189. The molecule has 146 valence electrons. The second-order valence-corrected chi connectivity index (χ2v) is 7.23. The van der Waals surface area contributed by atoms with E-state index in [1.165, 1.54) is 5.56 Å². The summed E-state index contributed by atoms with van der Waals surface area (Å²) in [5.41, 5.74) is 4.28. The van der Waals surface area contributed by atoms with Gasteiger partial charge in [0.15, 0.2) is 0 Å². The van der Waals surface area contributed by atoms with Crippen molar-refractivity contribution in [1.29, 1.82) is 0 Å². The van der Waals surface area contributed by atoms with Crippen molar-refractivity contribution in [3.05, 3.63) is 54.1 Å². The van der Waals surface area contributed by atoms with Gasteiger partial charge in [0.05, 0.1) is 17.1 Å². The zero-order valence-electron chi connectivity index (χ0n) is 16.4. The minimum atomic E-state index is -0.126. The number of aromatic amines is 1. The number of carbonyl (C=O) groups excluding carboxylic acids is 1. The van der Waals surface area contributed by atoms with Crippen molar-refractivity contribution in [2.45, 2.75) is 26.3 Å². The molecule has 2 N–H and O–H groups in total. The van der Waals surface area contributed by atoms with E-state index in [1.807, 2.05) is 23.1 Å². The average Bonchev–Trinajstić information content (AvgIpc) is 3.15. The number of hydrogen-bond acceptors (Lipinski definition) is 4. The number of aromatic nitrogens is 3. The summed E-state index contributed by atoms with van der Waals surface area (Å²) in [7, 11) is 0. The van der Waals surface area contributed by atoms with Crippen molar-refractivity contribution in [3.8, 4) is 0 Å². The lowest BCUT2D eigenvalue weighted by atomic mass is 10.2. The molecule has 2 aromatic heterocycles. The number of nitrogens with zero attached hydrogens (tertiary/aromatic N) is 4. The van der Waals surface area contributed by atoms with E-state index >= 15 is 0 Å². The molecule has 1 aliphatic rings. The number of piperazine rings is 1. The summed E-state index contributed by atoms with van der Waals surface area (Å²) in [5, 5.41) is 3.15. The number of fused-ring (bicyclic) bond motifs is 1. The van der Waals surface area contributed by atoms with Crippen molar-refractivity contribution in [3.63, 3.8) is 0 Å². The van der Waals surface area contributed by atoms with Crippen LogP contribution >= 0.6 is 0 Å². The molecule has 28 heavy (non-hydrogen) atoms. The summed E-state index contributed by atoms with van der Waals surface area (Å²) in [4.78, 5) is 29.1. The Morgan fingerprint density at radius 3 is 2.64 bits per heavy atom. The van der Waals surface area contributed by atoms with E-state index in [2.05, 4.69) is 51.1 Å². The maximum absolute atomic E-state index is 12.8. The molecular formula is C21H26N6O. The van der Waals surface area contributed by atoms with Crippen LogP contribution in [-0.4, -0.2) is 52.1 Å². The van der Waals surface area contributed by atoms with Crippen LogP contribution in [-0.2, 0) is 0 Å². The van der Waals surface area contributed by atoms with Gasteiger partial charge in [0.2, 0.25) is 0 Å². The Balaban J connectivity index is 1.39. The Kier molecular flexibility index (Phi) is 5.14. The molecule has 0 bridgehead atoms. The Morgan fingerprint density at radius 1 is 1.18 bits per heavy atom. The highest BCUT2D eigenvalue weighted by Crippen LogP contribution is 2.20. The number of anilines is 1. The molecule has 2 amide bonds. The molecule has 0 saturated carbocycles. The van der Waals surface area contributed by atoms with Crippen LogP contribution in [0.15, 0.2) is 42.7 Å². The third-order valence-corrected chi connectivity index (χ3v) is 5.29. The number of aryl methyl sites for hydroxylation is 1. The number of rotatable bonds is 4. The van der Waals surface area contributed by atoms with Gasteiger partial charge in [-0.2, -0.15) is 0 Å². The standard InChI is InChI=1S/C21H26N6O/c1-3-17(20-23-18-5-4-15(2)14-19(18)24-20)25-21(28)27-12-10-26(11-13-27)16-6-8-22-9-7-16/h4-9,14,17H,3,10-13H2,1-2H3,(H,23,24)(H,25,28)/t17-/m0/s1. The van der Waals surface area contributed by atoms with Gasteiger partial charge in [-0.1, -0.05) is 13.0 Å². The van der Waals surface area contributed by atoms with E-state index in [1.54, 1.807) is 12.4 Å². The van der Waals surface area contributed by atoms with Gasteiger partial charge in [0.25, 0.3) is 0 Å². The highest BCUT2D eigenvalue weighted by Gasteiger charge is 2.24. The molecule has 1 atom stereocenters. The summed E-state index contributed by atoms with van der Waals surface area (Å²) < 4.78 is 0. The summed E-state index contributed by atoms with van der Waals surface area (Å²) in [6.45, 7) is 7.15. The highest BCUT2D eigenvalue weighted by molar-refractivity contribution is 5.77. The fourth-order valence-electron chi connectivity index (χ4n) is 3.63. The Bertz CT molecular complexity index is 946. The predicted octanol–water partition coefficient (Wildman–Crippen LogP) is 3.25. The summed E-state index contributed by atoms with van der Waals surface area (Å²) >= 11 is 0.